The van der Waals surface area contributed by atoms with Gasteiger partial charge in [0, 0.05) is 19.1 Å². The summed E-state index contributed by atoms with van der Waals surface area (Å²) in [5.74, 6) is 0. The van der Waals surface area contributed by atoms with Crippen molar-refractivity contribution in [1.29, 1.82) is 0 Å². The molecular formula is C16H20N2O. The molecule has 19 heavy (non-hydrogen) atoms. The monoisotopic (exact) mass is 256 g/mol. The van der Waals surface area contributed by atoms with E-state index in [0.717, 1.165) is 6.54 Å². The van der Waals surface area contributed by atoms with Crippen molar-refractivity contribution in [2.75, 3.05) is 13.2 Å². The highest BCUT2D eigenvalue weighted by Gasteiger charge is 2.00. The first kappa shape index (κ1) is 13.7. The van der Waals surface area contributed by atoms with Crippen molar-refractivity contribution in [2.24, 2.45) is 5.73 Å². The van der Waals surface area contributed by atoms with Gasteiger partial charge in [0.25, 0.3) is 0 Å². The zero-order chi connectivity index (χ0) is 13.5. The third kappa shape index (κ3) is 4.17. The van der Waals surface area contributed by atoms with E-state index in [9.17, 15) is 0 Å². The minimum atomic E-state index is -0.191. The minimum absolute atomic E-state index is 0.0138. The lowest BCUT2D eigenvalue weighted by Crippen LogP contribution is -2.36. The summed E-state index contributed by atoms with van der Waals surface area (Å²) >= 11 is 0. The van der Waals surface area contributed by atoms with Crippen LogP contribution < -0.4 is 11.1 Å². The molecule has 2 aromatic rings. The third-order valence-corrected chi connectivity index (χ3v) is 3.03. The average molecular weight is 256 g/mol. The summed E-state index contributed by atoms with van der Waals surface area (Å²) in [5, 5.41) is 12.1. The van der Waals surface area contributed by atoms with Crippen LogP contribution in [-0.2, 0) is 6.54 Å². The molecule has 1 unspecified atom stereocenters. The molecule has 100 valence electrons. The largest absolute Gasteiger partial charge is 0.395 e. The molecule has 0 spiro atoms. The predicted molar refractivity (Wildman–Crippen MR) is 78.6 cm³/mol. The third-order valence-electron chi connectivity index (χ3n) is 3.03. The molecule has 3 heteroatoms. The average Bonchev–Trinajstić information content (AvgIpc) is 2.48. The lowest BCUT2D eigenvalue weighted by Gasteiger charge is -2.10. The highest BCUT2D eigenvalue weighted by Crippen LogP contribution is 2.19. The van der Waals surface area contributed by atoms with Crippen molar-refractivity contribution in [1.82, 2.24) is 5.32 Å². The molecule has 0 saturated heterocycles. The molecule has 0 bridgehead atoms. The van der Waals surface area contributed by atoms with Crippen LogP contribution in [0.4, 0.5) is 0 Å². The summed E-state index contributed by atoms with van der Waals surface area (Å²) in [4.78, 5) is 0. The van der Waals surface area contributed by atoms with Crippen LogP contribution in [0.15, 0.2) is 54.6 Å². The SMILES string of the molecule is NC(CO)CNCc1ccc(-c2ccccc2)cc1. The van der Waals surface area contributed by atoms with Crippen molar-refractivity contribution in [3.05, 3.63) is 60.2 Å². The number of aliphatic hydroxyl groups is 1. The normalized spacial score (nSPS) is 12.3. The summed E-state index contributed by atoms with van der Waals surface area (Å²) in [6, 6.07) is 18.6. The fraction of sp³-hybridized carbons (Fsp3) is 0.250. The number of benzene rings is 2. The van der Waals surface area contributed by atoms with E-state index >= 15 is 0 Å². The van der Waals surface area contributed by atoms with E-state index in [4.69, 9.17) is 10.8 Å². The van der Waals surface area contributed by atoms with Crippen LogP contribution in [0.25, 0.3) is 11.1 Å². The molecule has 0 saturated carbocycles. The predicted octanol–water partition coefficient (Wildman–Crippen LogP) is 1.76. The molecule has 4 N–H and O–H groups in total. The molecule has 0 aliphatic carbocycles. The van der Waals surface area contributed by atoms with Crippen LogP contribution in [0.1, 0.15) is 5.56 Å². The maximum atomic E-state index is 8.83. The summed E-state index contributed by atoms with van der Waals surface area (Å²) in [7, 11) is 0. The Morgan fingerprint density at radius 2 is 1.58 bits per heavy atom. The molecule has 1 atom stereocenters. The van der Waals surface area contributed by atoms with Crippen LogP contribution in [-0.4, -0.2) is 24.3 Å². The van der Waals surface area contributed by atoms with Crippen molar-refractivity contribution in [2.45, 2.75) is 12.6 Å². The van der Waals surface area contributed by atoms with Crippen molar-refractivity contribution in [3.63, 3.8) is 0 Å². The van der Waals surface area contributed by atoms with Gasteiger partial charge in [-0.1, -0.05) is 54.6 Å². The van der Waals surface area contributed by atoms with Crippen LogP contribution in [0.5, 0.6) is 0 Å². The Balaban J connectivity index is 1.92. The second-order valence-corrected chi connectivity index (χ2v) is 4.64. The Hall–Kier alpha value is -1.68. The van der Waals surface area contributed by atoms with E-state index in [-0.39, 0.29) is 12.6 Å². The Kier molecular flexibility index (Phi) is 5.10. The maximum absolute atomic E-state index is 8.83. The van der Waals surface area contributed by atoms with Crippen molar-refractivity contribution in [3.8, 4) is 11.1 Å². The van der Waals surface area contributed by atoms with E-state index in [1.807, 2.05) is 18.2 Å². The van der Waals surface area contributed by atoms with E-state index in [0.29, 0.717) is 6.54 Å². The second-order valence-electron chi connectivity index (χ2n) is 4.64. The zero-order valence-electron chi connectivity index (χ0n) is 10.9. The molecule has 2 aromatic carbocycles. The first-order valence-electron chi connectivity index (χ1n) is 6.51. The molecule has 0 aromatic heterocycles. The molecular weight excluding hydrogens is 236 g/mol. The van der Waals surface area contributed by atoms with E-state index in [1.54, 1.807) is 0 Å². The zero-order valence-corrected chi connectivity index (χ0v) is 10.9. The molecule has 0 fully saturated rings. The number of nitrogens with two attached hydrogens (primary N) is 1. The maximum Gasteiger partial charge on any atom is 0.0594 e. The van der Waals surface area contributed by atoms with Gasteiger partial charge in [-0.2, -0.15) is 0 Å². The van der Waals surface area contributed by atoms with Gasteiger partial charge in [0.05, 0.1) is 6.61 Å². The van der Waals surface area contributed by atoms with Gasteiger partial charge in [-0.25, -0.2) is 0 Å². The molecule has 0 amide bonds. The van der Waals surface area contributed by atoms with Crippen LogP contribution in [0, 0.1) is 0 Å². The Labute approximate surface area is 114 Å². The quantitative estimate of drug-likeness (QED) is 0.738. The summed E-state index contributed by atoms with van der Waals surface area (Å²) < 4.78 is 0. The van der Waals surface area contributed by atoms with Gasteiger partial charge in [0.15, 0.2) is 0 Å². The lowest BCUT2D eigenvalue weighted by atomic mass is 10.0. The number of hydrogen-bond acceptors (Lipinski definition) is 3. The molecule has 0 aliphatic heterocycles. The first-order valence-corrected chi connectivity index (χ1v) is 6.51. The lowest BCUT2D eigenvalue weighted by molar-refractivity contribution is 0.262. The fourth-order valence-corrected chi connectivity index (χ4v) is 1.91. The second kappa shape index (κ2) is 7.04. The summed E-state index contributed by atoms with van der Waals surface area (Å²) in [6.45, 7) is 1.40. The molecule has 2 rings (SSSR count). The van der Waals surface area contributed by atoms with Crippen LogP contribution >= 0.6 is 0 Å². The van der Waals surface area contributed by atoms with Crippen molar-refractivity contribution < 1.29 is 5.11 Å². The van der Waals surface area contributed by atoms with Gasteiger partial charge < -0.3 is 16.2 Å². The summed E-state index contributed by atoms with van der Waals surface area (Å²) in [6.07, 6.45) is 0. The van der Waals surface area contributed by atoms with Crippen LogP contribution in [0.2, 0.25) is 0 Å². The molecule has 0 heterocycles. The number of rotatable bonds is 6. The van der Waals surface area contributed by atoms with Crippen molar-refractivity contribution >= 4 is 0 Å². The number of nitrogens with one attached hydrogen (secondary N) is 1. The van der Waals surface area contributed by atoms with Gasteiger partial charge in [-0.05, 0) is 16.7 Å². The van der Waals surface area contributed by atoms with Gasteiger partial charge in [-0.3, -0.25) is 0 Å². The number of hydrogen-bond donors (Lipinski definition) is 3. The highest BCUT2D eigenvalue weighted by molar-refractivity contribution is 5.63. The minimum Gasteiger partial charge on any atom is -0.395 e. The smallest absolute Gasteiger partial charge is 0.0594 e. The Bertz CT molecular complexity index is 482. The van der Waals surface area contributed by atoms with Crippen LogP contribution in [0.3, 0.4) is 0 Å². The molecule has 3 nitrogen and oxygen atoms in total. The van der Waals surface area contributed by atoms with Gasteiger partial charge in [0.2, 0.25) is 0 Å². The first-order chi connectivity index (χ1) is 9.29. The van der Waals surface area contributed by atoms with E-state index in [1.165, 1.54) is 16.7 Å². The van der Waals surface area contributed by atoms with Gasteiger partial charge >= 0.3 is 0 Å². The number of aliphatic hydroxyl groups excluding tert-OH is 1. The standard InChI is InChI=1S/C16H20N2O/c17-16(12-19)11-18-10-13-6-8-15(9-7-13)14-4-2-1-3-5-14/h1-9,16,18-19H,10-12,17H2. The van der Waals surface area contributed by atoms with Gasteiger partial charge in [-0.15, -0.1) is 0 Å². The fourth-order valence-electron chi connectivity index (χ4n) is 1.91. The Morgan fingerprint density at radius 1 is 0.947 bits per heavy atom. The van der Waals surface area contributed by atoms with E-state index in [2.05, 4.69) is 41.7 Å². The molecule has 0 aliphatic rings. The summed E-state index contributed by atoms with van der Waals surface area (Å²) in [5.41, 5.74) is 9.28. The van der Waals surface area contributed by atoms with E-state index < -0.39 is 0 Å². The Morgan fingerprint density at radius 3 is 2.21 bits per heavy atom. The highest BCUT2D eigenvalue weighted by atomic mass is 16.3. The molecule has 0 radical (unpaired) electrons. The van der Waals surface area contributed by atoms with Gasteiger partial charge in [0.1, 0.15) is 0 Å². The topological polar surface area (TPSA) is 58.3 Å².